The van der Waals surface area contributed by atoms with Crippen LogP contribution in [0.15, 0.2) is 59.5 Å². The summed E-state index contributed by atoms with van der Waals surface area (Å²) in [7, 11) is -3.84. The molecule has 0 aliphatic heterocycles. The largest absolute Gasteiger partial charge is 0.444 e. The summed E-state index contributed by atoms with van der Waals surface area (Å²) in [4.78, 5) is 27.2. The van der Waals surface area contributed by atoms with Gasteiger partial charge < -0.3 is 20.4 Å². The Morgan fingerprint density at radius 2 is 1.75 bits per heavy atom. The highest BCUT2D eigenvalue weighted by Gasteiger charge is 2.17. The molecular formula is C22H26N4O5S. The van der Waals surface area contributed by atoms with E-state index in [2.05, 4.69) is 20.3 Å². The SMILES string of the molecule is CC(C)(C)OC(=O)NCCNS(=O)(=O)c1cccc(NC(=O)c2cc3ccccc3[nH]2)c1. The number of ether oxygens (including phenoxy) is 1. The molecule has 0 spiro atoms. The second-order valence-corrected chi connectivity index (χ2v) is 9.85. The van der Waals surface area contributed by atoms with Crippen molar-refractivity contribution in [3.63, 3.8) is 0 Å². The van der Waals surface area contributed by atoms with Crippen molar-refractivity contribution in [1.82, 2.24) is 15.0 Å². The van der Waals surface area contributed by atoms with Crippen LogP contribution in [0, 0.1) is 0 Å². The van der Waals surface area contributed by atoms with E-state index in [1.165, 1.54) is 18.2 Å². The van der Waals surface area contributed by atoms with Crippen molar-refractivity contribution in [3.05, 3.63) is 60.3 Å². The zero-order valence-corrected chi connectivity index (χ0v) is 18.9. The summed E-state index contributed by atoms with van der Waals surface area (Å²) in [5.41, 5.74) is 0.897. The van der Waals surface area contributed by atoms with E-state index in [0.29, 0.717) is 11.4 Å². The zero-order chi connectivity index (χ0) is 23.4. The summed E-state index contributed by atoms with van der Waals surface area (Å²) in [6.07, 6.45) is -0.626. The van der Waals surface area contributed by atoms with Gasteiger partial charge in [-0.15, -0.1) is 0 Å². The van der Waals surface area contributed by atoms with E-state index in [-0.39, 0.29) is 23.9 Å². The van der Waals surface area contributed by atoms with Crippen LogP contribution in [0.3, 0.4) is 0 Å². The highest BCUT2D eigenvalue weighted by molar-refractivity contribution is 7.89. The van der Waals surface area contributed by atoms with Gasteiger partial charge in [-0.05, 0) is 51.1 Å². The van der Waals surface area contributed by atoms with Crippen LogP contribution in [-0.2, 0) is 14.8 Å². The molecule has 2 amide bonds. The summed E-state index contributed by atoms with van der Waals surface area (Å²) in [5, 5.41) is 6.08. The predicted octanol–water partition coefficient (Wildman–Crippen LogP) is 3.22. The third-order valence-electron chi connectivity index (χ3n) is 4.26. The number of rotatable bonds is 7. The molecule has 0 aliphatic carbocycles. The number of hydrogen-bond acceptors (Lipinski definition) is 5. The Morgan fingerprint density at radius 1 is 1.00 bits per heavy atom. The molecule has 0 radical (unpaired) electrons. The molecular weight excluding hydrogens is 432 g/mol. The predicted molar refractivity (Wildman–Crippen MR) is 122 cm³/mol. The molecule has 0 atom stereocenters. The van der Waals surface area contributed by atoms with E-state index >= 15 is 0 Å². The minimum Gasteiger partial charge on any atom is -0.444 e. The molecule has 9 nitrogen and oxygen atoms in total. The van der Waals surface area contributed by atoms with Crippen LogP contribution in [0.25, 0.3) is 10.9 Å². The highest BCUT2D eigenvalue weighted by Crippen LogP contribution is 2.18. The van der Waals surface area contributed by atoms with Crippen LogP contribution in [0.1, 0.15) is 31.3 Å². The molecule has 0 aliphatic rings. The Hall–Kier alpha value is -3.37. The number of aromatic amines is 1. The summed E-state index contributed by atoms with van der Waals surface area (Å²) >= 11 is 0. The normalized spacial score (nSPS) is 11.8. The maximum atomic E-state index is 12.6. The fourth-order valence-corrected chi connectivity index (χ4v) is 3.96. The number of sulfonamides is 1. The van der Waals surface area contributed by atoms with Crippen molar-refractivity contribution in [2.24, 2.45) is 0 Å². The molecule has 1 heterocycles. The van der Waals surface area contributed by atoms with Gasteiger partial charge in [0.25, 0.3) is 5.91 Å². The Balaban J connectivity index is 1.59. The third-order valence-corrected chi connectivity index (χ3v) is 5.72. The second kappa shape index (κ2) is 9.41. The van der Waals surface area contributed by atoms with Gasteiger partial charge in [-0.25, -0.2) is 17.9 Å². The number of aromatic nitrogens is 1. The van der Waals surface area contributed by atoms with Gasteiger partial charge in [-0.3, -0.25) is 4.79 Å². The first-order chi connectivity index (χ1) is 15.0. The maximum absolute atomic E-state index is 12.6. The molecule has 0 fully saturated rings. The monoisotopic (exact) mass is 458 g/mol. The Bertz CT molecular complexity index is 1200. The molecule has 32 heavy (non-hydrogen) atoms. The van der Waals surface area contributed by atoms with Crippen molar-refractivity contribution < 1.29 is 22.7 Å². The van der Waals surface area contributed by atoms with Crippen molar-refractivity contribution >= 4 is 38.6 Å². The van der Waals surface area contributed by atoms with Crippen molar-refractivity contribution in [2.75, 3.05) is 18.4 Å². The van der Waals surface area contributed by atoms with Gasteiger partial charge in [0, 0.05) is 29.7 Å². The fraction of sp³-hybridized carbons (Fsp3) is 0.273. The van der Waals surface area contributed by atoms with E-state index in [4.69, 9.17) is 4.74 Å². The van der Waals surface area contributed by atoms with E-state index < -0.39 is 21.7 Å². The van der Waals surface area contributed by atoms with Gasteiger partial charge in [0.2, 0.25) is 10.0 Å². The molecule has 4 N–H and O–H groups in total. The number of fused-ring (bicyclic) bond motifs is 1. The lowest BCUT2D eigenvalue weighted by Crippen LogP contribution is -2.37. The van der Waals surface area contributed by atoms with Crippen molar-refractivity contribution in [3.8, 4) is 0 Å². The van der Waals surface area contributed by atoms with Crippen LogP contribution < -0.4 is 15.4 Å². The van der Waals surface area contributed by atoms with Crippen LogP contribution in [-0.4, -0.2) is 44.1 Å². The molecule has 170 valence electrons. The first-order valence-corrected chi connectivity index (χ1v) is 11.5. The number of nitrogens with one attached hydrogen (secondary N) is 4. The molecule has 0 saturated carbocycles. The number of benzene rings is 2. The number of carbonyl (C=O) groups is 2. The first-order valence-electron chi connectivity index (χ1n) is 9.99. The number of hydrogen-bond donors (Lipinski definition) is 4. The molecule has 0 saturated heterocycles. The van der Waals surface area contributed by atoms with E-state index in [1.807, 2.05) is 24.3 Å². The number of amides is 2. The molecule has 3 aromatic rings. The Labute approximate surface area is 186 Å². The van der Waals surface area contributed by atoms with Crippen molar-refractivity contribution in [2.45, 2.75) is 31.3 Å². The minimum atomic E-state index is -3.84. The Morgan fingerprint density at radius 3 is 2.47 bits per heavy atom. The van der Waals surface area contributed by atoms with Crippen LogP contribution in [0.2, 0.25) is 0 Å². The van der Waals surface area contributed by atoms with Crippen LogP contribution >= 0.6 is 0 Å². The number of anilines is 1. The Kier molecular flexibility index (Phi) is 6.85. The van der Waals surface area contributed by atoms with Gasteiger partial charge in [0.15, 0.2) is 0 Å². The van der Waals surface area contributed by atoms with Crippen molar-refractivity contribution in [1.29, 1.82) is 0 Å². The number of alkyl carbamates (subject to hydrolysis) is 1. The van der Waals surface area contributed by atoms with Gasteiger partial charge in [-0.2, -0.15) is 0 Å². The lowest BCUT2D eigenvalue weighted by Gasteiger charge is -2.19. The standard InChI is InChI=1S/C22H26N4O5S/c1-22(2,3)31-21(28)23-11-12-24-32(29,30)17-9-6-8-16(14-17)25-20(27)19-13-15-7-4-5-10-18(15)26-19/h4-10,13-14,24,26H,11-12H2,1-3H3,(H,23,28)(H,25,27). The highest BCUT2D eigenvalue weighted by atomic mass is 32.2. The lowest BCUT2D eigenvalue weighted by atomic mass is 10.2. The molecule has 2 aromatic carbocycles. The quantitative estimate of drug-likeness (QED) is 0.404. The molecule has 0 unspecified atom stereocenters. The number of carbonyl (C=O) groups excluding carboxylic acids is 2. The smallest absolute Gasteiger partial charge is 0.407 e. The summed E-state index contributed by atoms with van der Waals surface area (Å²) in [6.45, 7) is 5.25. The average molecular weight is 459 g/mol. The van der Waals surface area contributed by atoms with Crippen LogP contribution in [0.4, 0.5) is 10.5 Å². The molecule has 1 aromatic heterocycles. The maximum Gasteiger partial charge on any atom is 0.407 e. The summed E-state index contributed by atoms with van der Waals surface area (Å²) in [5.74, 6) is -0.384. The second-order valence-electron chi connectivity index (χ2n) is 8.08. The number of para-hydroxylation sites is 1. The number of H-pyrrole nitrogens is 1. The first kappa shape index (κ1) is 23.3. The zero-order valence-electron chi connectivity index (χ0n) is 18.1. The van der Waals surface area contributed by atoms with Gasteiger partial charge in [0.05, 0.1) is 4.90 Å². The molecule has 0 bridgehead atoms. The summed E-state index contributed by atoms with van der Waals surface area (Å²) < 4.78 is 32.6. The topological polar surface area (TPSA) is 129 Å². The van der Waals surface area contributed by atoms with Gasteiger partial charge in [-0.1, -0.05) is 24.3 Å². The average Bonchev–Trinajstić information content (AvgIpc) is 3.15. The van der Waals surface area contributed by atoms with Crippen LogP contribution in [0.5, 0.6) is 0 Å². The van der Waals surface area contributed by atoms with E-state index in [0.717, 1.165) is 10.9 Å². The van der Waals surface area contributed by atoms with Gasteiger partial charge in [0.1, 0.15) is 11.3 Å². The minimum absolute atomic E-state index is 0.00999. The fourth-order valence-electron chi connectivity index (χ4n) is 2.88. The van der Waals surface area contributed by atoms with E-state index in [9.17, 15) is 18.0 Å². The summed E-state index contributed by atoms with van der Waals surface area (Å²) in [6, 6.07) is 15.1. The third kappa shape index (κ3) is 6.32. The molecule has 10 heteroatoms. The van der Waals surface area contributed by atoms with Gasteiger partial charge >= 0.3 is 6.09 Å². The van der Waals surface area contributed by atoms with E-state index in [1.54, 1.807) is 32.9 Å². The molecule has 3 rings (SSSR count). The lowest BCUT2D eigenvalue weighted by molar-refractivity contribution is 0.0528.